The number of methoxy groups -OCH3 is 1. The molecule has 8 nitrogen and oxygen atoms in total. The van der Waals surface area contributed by atoms with E-state index in [0.29, 0.717) is 29.6 Å². The highest BCUT2D eigenvalue weighted by Gasteiger charge is 2.32. The van der Waals surface area contributed by atoms with Crippen LogP contribution in [0.4, 0.5) is 5.69 Å². The van der Waals surface area contributed by atoms with E-state index in [1.165, 1.54) is 6.20 Å². The summed E-state index contributed by atoms with van der Waals surface area (Å²) in [7, 11) is 1.57. The van der Waals surface area contributed by atoms with Gasteiger partial charge in [0.25, 0.3) is 0 Å². The zero-order valence-electron chi connectivity index (χ0n) is 16.3. The van der Waals surface area contributed by atoms with Gasteiger partial charge in [-0.1, -0.05) is 0 Å². The van der Waals surface area contributed by atoms with Crippen molar-refractivity contribution in [3.63, 3.8) is 0 Å². The summed E-state index contributed by atoms with van der Waals surface area (Å²) in [5.41, 5.74) is 6.94. The average Bonchev–Trinajstić information content (AvgIpc) is 3.43. The molecule has 2 fully saturated rings. The van der Waals surface area contributed by atoms with Crippen LogP contribution in [0.2, 0.25) is 0 Å². The van der Waals surface area contributed by atoms with Gasteiger partial charge in [0.1, 0.15) is 5.56 Å². The van der Waals surface area contributed by atoms with Crippen molar-refractivity contribution in [3.8, 4) is 11.8 Å². The van der Waals surface area contributed by atoms with Gasteiger partial charge in [-0.25, -0.2) is 4.79 Å². The third-order valence-corrected chi connectivity index (χ3v) is 6.00. The lowest BCUT2D eigenvalue weighted by Gasteiger charge is -2.25. The van der Waals surface area contributed by atoms with E-state index >= 15 is 0 Å². The number of benzene rings is 1. The minimum atomic E-state index is -1.22. The molecular formula is C21H24N4O4. The lowest BCUT2D eigenvalue weighted by molar-refractivity contribution is 0.0695. The number of carboxylic acid groups (broad SMARTS) is 1. The zero-order valence-corrected chi connectivity index (χ0v) is 16.3. The lowest BCUT2D eigenvalue weighted by Crippen LogP contribution is -2.32. The summed E-state index contributed by atoms with van der Waals surface area (Å²) >= 11 is 0. The second-order valence-electron chi connectivity index (χ2n) is 7.85. The van der Waals surface area contributed by atoms with Gasteiger partial charge in [-0.2, -0.15) is 5.26 Å². The second-order valence-corrected chi connectivity index (χ2v) is 7.85. The quantitative estimate of drug-likeness (QED) is 0.767. The summed E-state index contributed by atoms with van der Waals surface area (Å²) < 4.78 is 7.64. The first-order valence-electron chi connectivity index (χ1n) is 9.82. The van der Waals surface area contributed by atoms with E-state index in [2.05, 4.69) is 11.0 Å². The predicted octanol–water partition coefficient (Wildman–Crippen LogP) is 2.11. The normalized spacial score (nSPS) is 19.9. The van der Waals surface area contributed by atoms with Crippen molar-refractivity contribution in [2.24, 2.45) is 11.7 Å². The summed E-state index contributed by atoms with van der Waals surface area (Å²) in [5.74, 6) is -0.420. The van der Waals surface area contributed by atoms with E-state index in [0.717, 1.165) is 31.5 Å². The molecular weight excluding hydrogens is 372 g/mol. The summed E-state index contributed by atoms with van der Waals surface area (Å²) in [6, 6.07) is 5.67. The molecule has 0 bridgehead atoms. The van der Waals surface area contributed by atoms with Gasteiger partial charge in [0.05, 0.1) is 36.2 Å². The van der Waals surface area contributed by atoms with Crippen molar-refractivity contribution < 1.29 is 14.6 Å². The van der Waals surface area contributed by atoms with Crippen LogP contribution in [0.1, 0.15) is 42.1 Å². The number of aromatic nitrogens is 1. The van der Waals surface area contributed by atoms with Gasteiger partial charge in [0.2, 0.25) is 5.43 Å². The number of nitrogens with zero attached hydrogens (tertiary/aromatic N) is 3. The van der Waals surface area contributed by atoms with Gasteiger partial charge in [-0.3, -0.25) is 4.79 Å². The first-order chi connectivity index (χ1) is 14.0. The molecule has 8 heteroatoms. The fourth-order valence-electron chi connectivity index (χ4n) is 4.28. The van der Waals surface area contributed by atoms with E-state index in [9.17, 15) is 14.7 Å². The molecule has 1 aliphatic carbocycles. The molecule has 0 amide bonds. The van der Waals surface area contributed by atoms with Crippen molar-refractivity contribution in [3.05, 3.63) is 34.1 Å². The molecule has 2 aromatic rings. The lowest BCUT2D eigenvalue weighted by atomic mass is 9.98. The van der Waals surface area contributed by atoms with Gasteiger partial charge in [-0.15, -0.1) is 0 Å². The number of hydrogen-bond acceptors (Lipinski definition) is 6. The van der Waals surface area contributed by atoms with Crippen molar-refractivity contribution in [2.75, 3.05) is 25.1 Å². The Morgan fingerprint density at radius 3 is 2.79 bits per heavy atom. The Labute approximate surface area is 168 Å². The molecule has 2 aliphatic rings. The number of anilines is 1. The molecule has 29 heavy (non-hydrogen) atoms. The van der Waals surface area contributed by atoms with Gasteiger partial charge in [0.15, 0.2) is 5.75 Å². The van der Waals surface area contributed by atoms with Gasteiger partial charge >= 0.3 is 5.97 Å². The number of rotatable bonds is 6. The molecule has 2 heterocycles. The van der Waals surface area contributed by atoms with Crippen LogP contribution in [-0.2, 0) is 0 Å². The first kappa shape index (κ1) is 19.3. The Balaban J connectivity index is 1.83. The van der Waals surface area contributed by atoms with Gasteiger partial charge in [0, 0.05) is 31.4 Å². The fraction of sp³-hybridized carbons (Fsp3) is 0.476. The van der Waals surface area contributed by atoms with Crippen molar-refractivity contribution >= 4 is 22.6 Å². The third-order valence-electron chi connectivity index (χ3n) is 6.00. The molecule has 1 aromatic heterocycles. The third kappa shape index (κ3) is 3.32. The van der Waals surface area contributed by atoms with Crippen molar-refractivity contribution in [1.29, 1.82) is 5.26 Å². The minimum Gasteiger partial charge on any atom is -0.492 e. The van der Waals surface area contributed by atoms with E-state index < -0.39 is 11.4 Å². The number of aromatic carboxylic acids is 1. The minimum absolute atomic E-state index is 0.167. The molecule has 1 saturated heterocycles. The van der Waals surface area contributed by atoms with Gasteiger partial charge < -0.3 is 25.0 Å². The summed E-state index contributed by atoms with van der Waals surface area (Å²) in [6.07, 6.45) is 4.55. The summed E-state index contributed by atoms with van der Waals surface area (Å²) in [4.78, 5) is 26.5. The first-order valence-corrected chi connectivity index (χ1v) is 9.82. The second kappa shape index (κ2) is 7.41. The molecule has 3 N–H and O–H groups in total. The Hall–Kier alpha value is -3.05. The molecule has 0 spiro atoms. The molecule has 152 valence electrons. The fourth-order valence-corrected chi connectivity index (χ4v) is 4.28. The number of carbonyl (C=O) groups is 1. The van der Waals surface area contributed by atoms with E-state index in [1.54, 1.807) is 13.2 Å². The van der Waals surface area contributed by atoms with E-state index in [-0.39, 0.29) is 23.6 Å². The molecule has 2 unspecified atom stereocenters. The number of carboxylic acids is 1. The van der Waals surface area contributed by atoms with Crippen LogP contribution < -0.4 is 20.8 Å². The van der Waals surface area contributed by atoms with E-state index in [1.807, 2.05) is 10.6 Å². The number of hydrogen-bond donors (Lipinski definition) is 2. The molecule has 0 radical (unpaired) electrons. The summed E-state index contributed by atoms with van der Waals surface area (Å²) in [5, 5.41) is 18.7. The predicted molar refractivity (Wildman–Crippen MR) is 109 cm³/mol. The van der Waals surface area contributed by atoms with Crippen LogP contribution in [0.25, 0.3) is 10.9 Å². The maximum atomic E-state index is 12.8. The average molecular weight is 396 g/mol. The van der Waals surface area contributed by atoms with Crippen LogP contribution in [0.5, 0.6) is 5.75 Å². The standard InChI is InChI=1S/C21H24N4O4/c1-29-20-17(24-9-7-12(10-24)16(23)6-8-22)5-4-14-18(20)25(13-2-3-13)11-15(19(14)26)21(27)28/h4-5,11-13,16H,2-3,6-7,9-10,23H2,1H3,(H,27,28). The van der Waals surface area contributed by atoms with Crippen LogP contribution in [-0.4, -0.2) is 41.9 Å². The SMILES string of the molecule is COc1c(N2CCC(C(N)CC#N)C2)ccc2c(=O)c(C(=O)O)cn(C3CC3)c12. The Bertz CT molecular complexity index is 1070. The topological polar surface area (TPSA) is 122 Å². The molecule has 1 saturated carbocycles. The largest absolute Gasteiger partial charge is 0.492 e. The Kier molecular flexibility index (Phi) is 4.92. The highest BCUT2D eigenvalue weighted by molar-refractivity contribution is 5.97. The number of pyridine rings is 1. The number of nitriles is 1. The molecule has 1 aliphatic heterocycles. The number of fused-ring (bicyclic) bond motifs is 1. The number of ether oxygens (including phenoxy) is 1. The van der Waals surface area contributed by atoms with E-state index in [4.69, 9.17) is 15.7 Å². The van der Waals surface area contributed by atoms with Crippen molar-refractivity contribution in [1.82, 2.24) is 4.57 Å². The van der Waals surface area contributed by atoms with Crippen LogP contribution in [0.15, 0.2) is 23.1 Å². The Morgan fingerprint density at radius 1 is 1.41 bits per heavy atom. The van der Waals surface area contributed by atoms with Gasteiger partial charge in [-0.05, 0) is 37.3 Å². The van der Waals surface area contributed by atoms with Crippen LogP contribution in [0.3, 0.4) is 0 Å². The van der Waals surface area contributed by atoms with Crippen LogP contribution in [0, 0.1) is 17.2 Å². The monoisotopic (exact) mass is 396 g/mol. The Morgan fingerprint density at radius 2 is 2.17 bits per heavy atom. The summed E-state index contributed by atoms with van der Waals surface area (Å²) in [6.45, 7) is 1.50. The molecule has 1 aromatic carbocycles. The maximum absolute atomic E-state index is 12.8. The number of nitrogens with two attached hydrogens (primary N) is 1. The molecule has 4 rings (SSSR count). The highest BCUT2D eigenvalue weighted by Crippen LogP contribution is 2.43. The van der Waals surface area contributed by atoms with Crippen molar-refractivity contribution in [2.45, 2.75) is 37.8 Å². The highest BCUT2D eigenvalue weighted by atomic mass is 16.5. The maximum Gasteiger partial charge on any atom is 0.341 e. The van der Waals surface area contributed by atoms with Crippen LogP contribution >= 0.6 is 0 Å². The smallest absolute Gasteiger partial charge is 0.341 e. The molecule has 2 atom stereocenters. The zero-order chi connectivity index (χ0) is 20.7.